The van der Waals surface area contributed by atoms with E-state index < -0.39 is 0 Å². The number of carbonyl (C=O) groups is 1. The fourth-order valence-corrected chi connectivity index (χ4v) is 2.71. The number of nitrogens with zero attached hydrogens (tertiary/aromatic N) is 1. The van der Waals surface area contributed by atoms with Crippen LogP contribution in [-0.2, 0) is 6.54 Å². The Kier molecular flexibility index (Phi) is 5.46. The summed E-state index contributed by atoms with van der Waals surface area (Å²) in [5, 5.41) is 6.14. The van der Waals surface area contributed by atoms with Gasteiger partial charge in [-0.2, -0.15) is 0 Å². The third-order valence-electron chi connectivity index (χ3n) is 3.77. The summed E-state index contributed by atoms with van der Waals surface area (Å²) in [6.07, 6.45) is 1.63. The van der Waals surface area contributed by atoms with E-state index in [1.807, 2.05) is 55.5 Å². The number of carbonyl (C=O) groups excluding carboxylic acids is 1. The Morgan fingerprint density at radius 2 is 1.88 bits per heavy atom. The molecule has 1 heterocycles. The summed E-state index contributed by atoms with van der Waals surface area (Å²) in [7, 11) is 0. The molecule has 3 aromatic rings. The van der Waals surface area contributed by atoms with E-state index in [-0.39, 0.29) is 5.91 Å². The molecule has 0 atom stereocenters. The molecule has 0 aliphatic heterocycles. The molecular formula is C20H18BrN3O. The van der Waals surface area contributed by atoms with Gasteiger partial charge < -0.3 is 10.6 Å². The molecular weight excluding hydrogens is 378 g/mol. The number of hydrogen-bond acceptors (Lipinski definition) is 3. The highest BCUT2D eigenvalue weighted by Gasteiger charge is 2.08. The molecule has 0 bridgehead atoms. The maximum Gasteiger partial charge on any atom is 0.255 e. The predicted octanol–water partition coefficient (Wildman–Crippen LogP) is 5.02. The molecule has 0 spiro atoms. The van der Waals surface area contributed by atoms with Crippen molar-refractivity contribution in [3.63, 3.8) is 0 Å². The van der Waals surface area contributed by atoms with Crippen LogP contribution in [-0.4, -0.2) is 10.9 Å². The normalized spacial score (nSPS) is 10.3. The van der Waals surface area contributed by atoms with Crippen molar-refractivity contribution in [2.24, 2.45) is 0 Å². The molecule has 25 heavy (non-hydrogen) atoms. The highest BCUT2D eigenvalue weighted by atomic mass is 79.9. The van der Waals surface area contributed by atoms with Crippen molar-refractivity contribution in [2.45, 2.75) is 13.5 Å². The second-order valence-electron chi connectivity index (χ2n) is 5.69. The van der Waals surface area contributed by atoms with Crippen LogP contribution in [0.3, 0.4) is 0 Å². The first-order valence-corrected chi connectivity index (χ1v) is 8.72. The molecule has 5 heteroatoms. The van der Waals surface area contributed by atoms with E-state index in [9.17, 15) is 4.79 Å². The number of nitrogens with one attached hydrogen (secondary N) is 2. The number of pyridine rings is 1. The zero-order valence-electron chi connectivity index (χ0n) is 13.8. The Bertz CT molecular complexity index is 881. The van der Waals surface area contributed by atoms with Crippen molar-refractivity contribution in [1.82, 2.24) is 4.98 Å². The molecule has 0 aliphatic carbocycles. The number of rotatable bonds is 5. The molecule has 0 fully saturated rings. The van der Waals surface area contributed by atoms with Crippen LogP contribution in [0.5, 0.6) is 0 Å². The van der Waals surface area contributed by atoms with Crippen molar-refractivity contribution < 1.29 is 4.79 Å². The molecule has 3 rings (SSSR count). The molecule has 0 unspecified atom stereocenters. The molecule has 0 saturated heterocycles. The zero-order valence-corrected chi connectivity index (χ0v) is 15.4. The molecule has 0 radical (unpaired) electrons. The number of halogens is 1. The molecule has 1 aromatic heterocycles. The molecule has 1 amide bonds. The van der Waals surface area contributed by atoms with Gasteiger partial charge in [-0.25, -0.2) is 4.98 Å². The Morgan fingerprint density at radius 1 is 1.08 bits per heavy atom. The summed E-state index contributed by atoms with van der Waals surface area (Å²) in [4.78, 5) is 16.7. The van der Waals surface area contributed by atoms with Gasteiger partial charge in [-0.1, -0.05) is 52.3 Å². The average molecular weight is 396 g/mol. The minimum absolute atomic E-state index is 0.166. The van der Waals surface area contributed by atoms with E-state index in [0.717, 1.165) is 21.3 Å². The molecule has 126 valence electrons. The smallest absolute Gasteiger partial charge is 0.255 e. The number of benzene rings is 2. The topological polar surface area (TPSA) is 54.0 Å². The van der Waals surface area contributed by atoms with Gasteiger partial charge in [-0.15, -0.1) is 0 Å². The monoisotopic (exact) mass is 395 g/mol. The van der Waals surface area contributed by atoms with Crippen LogP contribution in [0.1, 0.15) is 21.5 Å². The Balaban J connectivity index is 1.67. The van der Waals surface area contributed by atoms with Crippen molar-refractivity contribution in [2.75, 3.05) is 10.6 Å². The highest BCUT2D eigenvalue weighted by molar-refractivity contribution is 9.10. The fraction of sp³-hybridized carbons (Fsp3) is 0.100. The van der Waals surface area contributed by atoms with E-state index in [2.05, 4.69) is 31.5 Å². The van der Waals surface area contributed by atoms with E-state index in [1.54, 1.807) is 18.3 Å². The minimum atomic E-state index is -0.166. The minimum Gasteiger partial charge on any atom is -0.366 e. The van der Waals surface area contributed by atoms with E-state index in [0.29, 0.717) is 17.9 Å². The maximum absolute atomic E-state index is 12.5. The lowest BCUT2D eigenvalue weighted by Gasteiger charge is -2.09. The van der Waals surface area contributed by atoms with Crippen molar-refractivity contribution in [3.8, 4) is 0 Å². The molecule has 2 aromatic carbocycles. The number of anilines is 2. The Labute approximate surface area is 155 Å². The zero-order chi connectivity index (χ0) is 17.6. The summed E-state index contributed by atoms with van der Waals surface area (Å²) in [5.74, 6) is 0.502. The third-order valence-corrected chi connectivity index (χ3v) is 4.62. The number of aryl methyl sites for hydroxylation is 1. The molecule has 0 aliphatic rings. The van der Waals surface area contributed by atoms with Crippen LogP contribution in [0.2, 0.25) is 0 Å². The summed E-state index contributed by atoms with van der Waals surface area (Å²) in [6.45, 7) is 2.66. The SMILES string of the molecule is Cc1ccc(NC(=O)c2ccnc(NCc3ccccc3)c2)cc1Br. The quantitative estimate of drug-likeness (QED) is 0.637. The van der Waals surface area contributed by atoms with Crippen LogP contribution >= 0.6 is 15.9 Å². The van der Waals surface area contributed by atoms with Crippen molar-refractivity contribution in [3.05, 3.63) is 88.0 Å². The van der Waals surface area contributed by atoms with Crippen LogP contribution in [0, 0.1) is 6.92 Å². The summed E-state index contributed by atoms with van der Waals surface area (Å²) >= 11 is 3.48. The fourth-order valence-electron chi connectivity index (χ4n) is 2.33. The predicted molar refractivity (Wildman–Crippen MR) is 105 cm³/mol. The second-order valence-corrected chi connectivity index (χ2v) is 6.54. The summed E-state index contributed by atoms with van der Waals surface area (Å²) in [5.41, 5.74) is 3.58. The lowest BCUT2D eigenvalue weighted by molar-refractivity contribution is 0.102. The van der Waals surface area contributed by atoms with Gasteiger partial charge in [0.1, 0.15) is 5.82 Å². The lowest BCUT2D eigenvalue weighted by Crippen LogP contribution is -2.13. The van der Waals surface area contributed by atoms with Gasteiger partial charge in [0, 0.05) is 28.5 Å². The molecule has 4 nitrogen and oxygen atoms in total. The largest absolute Gasteiger partial charge is 0.366 e. The second kappa shape index (κ2) is 7.94. The lowest BCUT2D eigenvalue weighted by atomic mass is 10.2. The number of hydrogen-bond donors (Lipinski definition) is 2. The van der Waals surface area contributed by atoms with Crippen molar-refractivity contribution in [1.29, 1.82) is 0 Å². The maximum atomic E-state index is 12.5. The third kappa shape index (κ3) is 4.67. The van der Waals surface area contributed by atoms with E-state index in [1.165, 1.54) is 0 Å². The van der Waals surface area contributed by atoms with E-state index in [4.69, 9.17) is 0 Å². The number of aromatic nitrogens is 1. The number of amides is 1. The van der Waals surface area contributed by atoms with Crippen LogP contribution in [0.4, 0.5) is 11.5 Å². The van der Waals surface area contributed by atoms with Crippen LogP contribution in [0.15, 0.2) is 71.3 Å². The van der Waals surface area contributed by atoms with Gasteiger partial charge in [0.25, 0.3) is 5.91 Å². The summed E-state index contributed by atoms with van der Waals surface area (Å²) in [6, 6.07) is 19.2. The van der Waals surface area contributed by atoms with Gasteiger partial charge >= 0.3 is 0 Å². The van der Waals surface area contributed by atoms with Gasteiger partial charge in [-0.3, -0.25) is 4.79 Å². The van der Waals surface area contributed by atoms with Crippen LogP contribution < -0.4 is 10.6 Å². The average Bonchev–Trinajstić information content (AvgIpc) is 2.64. The van der Waals surface area contributed by atoms with Crippen molar-refractivity contribution >= 4 is 33.3 Å². The first kappa shape index (κ1) is 17.2. The van der Waals surface area contributed by atoms with Gasteiger partial charge in [0.2, 0.25) is 0 Å². The van der Waals surface area contributed by atoms with Gasteiger partial charge in [-0.05, 0) is 42.3 Å². The summed E-state index contributed by atoms with van der Waals surface area (Å²) < 4.78 is 0.963. The standard InChI is InChI=1S/C20H18BrN3O/c1-14-7-8-17(12-18(14)21)24-20(25)16-9-10-22-19(11-16)23-13-15-5-3-2-4-6-15/h2-12H,13H2,1H3,(H,22,23)(H,24,25). The Hall–Kier alpha value is -2.66. The first-order valence-electron chi connectivity index (χ1n) is 7.93. The van der Waals surface area contributed by atoms with Gasteiger partial charge in [0.05, 0.1) is 0 Å². The van der Waals surface area contributed by atoms with E-state index >= 15 is 0 Å². The molecule has 2 N–H and O–H groups in total. The highest BCUT2D eigenvalue weighted by Crippen LogP contribution is 2.21. The molecule has 0 saturated carbocycles. The Morgan fingerprint density at radius 3 is 2.64 bits per heavy atom. The van der Waals surface area contributed by atoms with Crippen LogP contribution in [0.25, 0.3) is 0 Å². The first-order chi connectivity index (χ1) is 12.1. The van der Waals surface area contributed by atoms with Gasteiger partial charge in [0.15, 0.2) is 0 Å².